The summed E-state index contributed by atoms with van der Waals surface area (Å²) < 4.78 is 10.7. The lowest BCUT2D eigenvalue weighted by atomic mass is 10.1. The zero-order valence-corrected chi connectivity index (χ0v) is 14.1. The van der Waals surface area contributed by atoms with Crippen molar-refractivity contribution in [2.45, 2.75) is 6.92 Å². The minimum absolute atomic E-state index is 0.171. The average molecular weight is 365 g/mol. The molecule has 0 unspecified atom stereocenters. The number of oxazole rings is 1. The second-order valence-electron chi connectivity index (χ2n) is 5.27. The highest BCUT2D eigenvalue weighted by Crippen LogP contribution is 2.31. The molecule has 0 aliphatic carbocycles. The number of hydrogen-bond donors (Lipinski definition) is 0. The van der Waals surface area contributed by atoms with Gasteiger partial charge in [0.1, 0.15) is 0 Å². The maximum Gasteiger partial charge on any atom is 0.280 e. The average Bonchev–Trinajstić information content (AvgIpc) is 3.33. The molecule has 4 aromatic rings. The van der Waals surface area contributed by atoms with Crippen molar-refractivity contribution in [1.82, 2.24) is 25.1 Å². The van der Waals surface area contributed by atoms with Crippen LogP contribution < -0.4 is 0 Å². The number of rotatable bonds is 3. The summed E-state index contributed by atoms with van der Waals surface area (Å²) in [4.78, 5) is 16.8. The predicted molar refractivity (Wildman–Crippen MR) is 90.7 cm³/mol. The van der Waals surface area contributed by atoms with E-state index in [0.717, 1.165) is 5.56 Å². The van der Waals surface area contributed by atoms with Gasteiger partial charge in [0.25, 0.3) is 5.89 Å². The van der Waals surface area contributed by atoms with Gasteiger partial charge in [0, 0.05) is 11.8 Å². The van der Waals surface area contributed by atoms with Gasteiger partial charge >= 0.3 is 0 Å². The van der Waals surface area contributed by atoms with Gasteiger partial charge in [0.05, 0.1) is 22.3 Å². The molecule has 0 saturated heterocycles. The Bertz CT molecular complexity index is 1130. The summed E-state index contributed by atoms with van der Waals surface area (Å²) >= 11 is 5.93. The van der Waals surface area contributed by atoms with Crippen LogP contribution in [0.4, 0.5) is 0 Å². The van der Waals surface area contributed by atoms with Crippen molar-refractivity contribution in [3.8, 4) is 40.6 Å². The van der Waals surface area contributed by atoms with E-state index < -0.39 is 0 Å². The van der Waals surface area contributed by atoms with E-state index in [1.165, 1.54) is 12.6 Å². The summed E-state index contributed by atoms with van der Waals surface area (Å²) in [5.74, 6) is 1.14. The van der Waals surface area contributed by atoms with E-state index in [1.807, 2.05) is 0 Å². The molecule has 0 atom stereocenters. The largest absolute Gasteiger partial charge is 0.443 e. The van der Waals surface area contributed by atoms with Crippen molar-refractivity contribution in [3.63, 3.8) is 0 Å². The molecule has 3 aromatic heterocycles. The van der Waals surface area contributed by atoms with Gasteiger partial charge in [-0.25, -0.2) is 15.0 Å². The molecule has 126 valence electrons. The second-order valence-corrected chi connectivity index (χ2v) is 5.68. The lowest BCUT2D eigenvalue weighted by Gasteiger charge is -1.98. The molecule has 3 heterocycles. The Hall–Kier alpha value is -3.57. The van der Waals surface area contributed by atoms with Gasteiger partial charge in [-0.15, -0.1) is 0 Å². The van der Waals surface area contributed by atoms with E-state index in [-0.39, 0.29) is 11.7 Å². The number of halogens is 1. The lowest BCUT2D eigenvalue weighted by molar-refractivity contribution is 0.430. The molecule has 0 bridgehead atoms. The van der Waals surface area contributed by atoms with E-state index in [9.17, 15) is 0 Å². The van der Waals surface area contributed by atoms with Gasteiger partial charge < -0.3 is 8.94 Å². The Morgan fingerprint density at radius 2 is 1.88 bits per heavy atom. The molecule has 9 heteroatoms. The van der Waals surface area contributed by atoms with Crippen molar-refractivity contribution < 1.29 is 8.94 Å². The SMILES string of the molecule is Cc1nc(-c2noc(-c3ncoc3-c3ccc(C#N)cc3)n2)ncc1Cl. The third-order valence-electron chi connectivity index (χ3n) is 3.59. The first-order valence-electron chi connectivity index (χ1n) is 7.43. The third kappa shape index (κ3) is 2.81. The van der Waals surface area contributed by atoms with Crippen LogP contribution in [0, 0.1) is 18.3 Å². The van der Waals surface area contributed by atoms with E-state index in [1.54, 1.807) is 31.2 Å². The molecule has 26 heavy (non-hydrogen) atoms. The molecule has 0 aliphatic rings. The highest BCUT2D eigenvalue weighted by atomic mass is 35.5. The van der Waals surface area contributed by atoms with Crippen LogP contribution in [0.15, 0.2) is 45.8 Å². The zero-order chi connectivity index (χ0) is 18.1. The summed E-state index contributed by atoms with van der Waals surface area (Å²) in [5, 5.41) is 13.3. The highest BCUT2D eigenvalue weighted by Gasteiger charge is 2.21. The van der Waals surface area contributed by atoms with Crippen LogP contribution in [0.2, 0.25) is 5.02 Å². The van der Waals surface area contributed by atoms with Gasteiger partial charge in [-0.3, -0.25) is 0 Å². The number of aryl methyl sites for hydroxylation is 1. The van der Waals surface area contributed by atoms with Crippen molar-refractivity contribution in [1.29, 1.82) is 5.26 Å². The first-order chi connectivity index (χ1) is 12.7. The molecule has 0 aliphatic heterocycles. The van der Waals surface area contributed by atoms with Gasteiger partial charge in [0.15, 0.2) is 17.8 Å². The monoisotopic (exact) mass is 364 g/mol. The van der Waals surface area contributed by atoms with E-state index in [4.69, 9.17) is 25.8 Å². The Morgan fingerprint density at radius 1 is 1.08 bits per heavy atom. The summed E-state index contributed by atoms with van der Waals surface area (Å²) in [7, 11) is 0. The quantitative estimate of drug-likeness (QED) is 0.540. The molecule has 1 aromatic carbocycles. The van der Waals surface area contributed by atoms with Crippen LogP contribution in [0.1, 0.15) is 11.3 Å². The maximum absolute atomic E-state index is 8.90. The number of nitrogens with zero attached hydrogens (tertiary/aromatic N) is 6. The van der Waals surface area contributed by atoms with Crippen LogP contribution >= 0.6 is 11.6 Å². The molecular weight excluding hydrogens is 356 g/mol. The normalized spacial score (nSPS) is 10.7. The summed E-state index contributed by atoms with van der Waals surface area (Å²) in [6.45, 7) is 1.76. The van der Waals surface area contributed by atoms with E-state index >= 15 is 0 Å². The smallest absolute Gasteiger partial charge is 0.280 e. The Kier molecular flexibility index (Phi) is 3.91. The fraction of sp³-hybridized carbons (Fsp3) is 0.0588. The van der Waals surface area contributed by atoms with Crippen LogP contribution in [0.5, 0.6) is 0 Å². The number of aromatic nitrogens is 5. The van der Waals surface area contributed by atoms with Crippen LogP contribution in [-0.2, 0) is 0 Å². The fourth-order valence-electron chi connectivity index (χ4n) is 2.27. The molecule has 0 radical (unpaired) electrons. The number of benzene rings is 1. The van der Waals surface area contributed by atoms with Gasteiger partial charge in [-0.2, -0.15) is 10.2 Å². The number of hydrogen-bond acceptors (Lipinski definition) is 8. The van der Waals surface area contributed by atoms with Gasteiger partial charge in [0.2, 0.25) is 11.6 Å². The third-order valence-corrected chi connectivity index (χ3v) is 3.96. The maximum atomic E-state index is 8.90. The standard InChI is InChI=1S/C17H9ClN6O2/c1-9-12(18)7-20-15(22-9)16-23-17(26-24-16)13-14(25-8-21-13)11-4-2-10(6-19)3-5-11/h2-5,7-8H,1H3. The molecule has 0 fully saturated rings. The van der Waals surface area contributed by atoms with Gasteiger partial charge in [-0.05, 0) is 31.2 Å². The highest BCUT2D eigenvalue weighted by molar-refractivity contribution is 6.31. The topological polar surface area (TPSA) is 115 Å². The summed E-state index contributed by atoms with van der Waals surface area (Å²) in [6, 6.07) is 8.95. The molecule has 8 nitrogen and oxygen atoms in total. The Labute approximate surface area is 152 Å². The second kappa shape index (κ2) is 6.38. The lowest BCUT2D eigenvalue weighted by Crippen LogP contribution is -1.93. The Balaban J connectivity index is 1.71. The summed E-state index contributed by atoms with van der Waals surface area (Å²) in [6.07, 6.45) is 2.77. The van der Waals surface area contributed by atoms with Crippen molar-refractivity contribution >= 4 is 11.6 Å². The first-order valence-corrected chi connectivity index (χ1v) is 7.81. The zero-order valence-electron chi connectivity index (χ0n) is 13.3. The van der Waals surface area contributed by atoms with Crippen molar-refractivity contribution in [2.75, 3.05) is 0 Å². The van der Waals surface area contributed by atoms with Gasteiger partial charge in [-0.1, -0.05) is 16.8 Å². The minimum Gasteiger partial charge on any atom is -0.443 e. The van der Waals surface area contributed by atoms with Crippen LogP contribution in [-0.4, -0.2) is 25.1 Å². The fourth-order valence-corrected chi connectivity index (χ4v) is 2.36. The molecule has 0 amide bonds. The first kappa shape index (κ1) is 15.9. The molecule has 0 N–H and O–H groups in total. The predicted octanol–water partition coefficient (Wildman–Crippen LogP) is 3.68. The Morgan fingerprint density at radius 3 is 2.62 bits per heavy atom. The molecule has 4 rings (SSSR count). The summed E-state index contributed by atoms with van der Waals surface area (Å²) in [5.41, 5.74) is 2.28. The van der Waals surface area contributed by atoms with E-state index in [0.29, 0.717) is 33.6 Å². The molecule has 0 saturated carbocycles. The van der Waals surface area contributed by atoms with E-state index in [2.05, 4.69) is 31.2 Å². The van der Waals surface area contributed by atoms with Crippen LogP contribution in [0.25, 0.3) is 34.6 Å². The van der Waals surface area contributed by atoms with Crippen molar-refractivity contribution in [2.24, 2.45) is 0 Å². The van der Waals surface area contributed by atoms with Crippen LogP contribution in [0.3, 0.4) is 0 Å². The molecular formula is C17H9ClN6O2. The van der Waals surface area contributed by atoms with Crippen molar-refractivity contribution in [3.05, 3.63) is 53.1 Å². The minimum atomic E-state index is 0.171. The molecule has 0 spiro atoms. The number of nitriles is 1.